The van der Waals surface area contributed by atoms with Gasteiger partial charge < -0.3 is 5.32 Å². The van der Waals surface area contributed by atoms with Crippen molar-refractivity contribution in [3.05, 3.63) is 75.8 Å². The third-order valence-corrected chi connectivity index (χ3v) is 3.33. The molecule has 3 rings (SSSR count). The monoisotopic (exact) mass is 294 g/mol. The van der Waals surface area contributed by atoms with Crippen molar-refractivity contribution in [2.24, 2.45) is 0 Å². The van der Waals surface area contributed by atoms with Crippen LogP contribution in [0.5, 0.6) is 0 Å². The van der Waals surface area contributed by atoms with Crippen LogP contribution in [-0.2, 0) is 4.79 Å². The molecule has 2 aromatic rings. The fourth-order valence-corrected chi connectivity index (χ4v) is 2.25. The van der Waals surface area contributed by atoms with E-state index in [4.69, 9.17) is 0 Å². The summed E-state index contributed by atoms with van der Waals surface area (Å²) in [4.78, 5) is 34.5. The van der Waals surface area contributed by atoms with Gasteiger partial charge in [-0.3, -0.25) is 19.7 Å². The van der Waals surface area contributed by atoms with Crippen LogP contribution in [0.15, 0.2) is 54.6 Å². The summed E-state index contributed by atoms with van der Waals surface area (Å²) in [5, 5.41) is 13.4. The lowest BCUT2D eigenvalue weighted by Gasteiger charge is -1.99. The number of anilines is 1. The van der Waals surface area contributed by atoms with Crippen molar-refractivity contribution in [2.45, 2.75) is 0 Å². The first kappa shape index (κ1) is 13.7. The number of hydrogen-bond donors (Lipinski definition) is 1. The number of nitro benzene ring substituents is 1. The average Bonchev–Trinajstić information content (AvgIpc) is 2.83. The number of carbonyl (C=O) groups excluding carboxylic acids is 2. The number of non-ortho nitro benzene ring substituents is 1. The maximum absolute atomic E-state index is 12.2. The number of benzene rings is 2. The maximum Gasteiger partial charge on any atom is 0.270 e. The third kappa shape index (κ3) is 2.37. The van der Waals surface area contributed by atoms with E-state index in [1.54, 1.807) is 30.3 Å². The van der Waals surface area contributed by atoms with Crippen LogP contribution < -0.4 is 5.32 Å². The lowest BCUT2D eigenvalue weighted by molar-refractivity contribution is -0.384. The predicted octanol–water partition coefficient (Wildman–Crippen LogP) is 2.81. The van der Waals surface area contributed by atoms with Gasteiger partial charge in [-0.05, 0) is 12.1 Å². The van der Waals surface area contributed by atoms with Crippen molar-refractivity contribution in [3.8, 4) is 0 Å². The van der Waals surface area contributed by atoms with Crippen LogP contribution in [0.3, 0.4) is 0 Å². The average molecular weight is 294 g/mol. The lowest BCUT2D eigenvalue weighted by atomic mass is 10.0. The van der Waals surface area contributed by atoms with Gasteiger partial charge >= 0.3 is 0 Å². The second-order valence-corrected chi connectivity index (χ2v) is 4.73. The Balaban J connectivity index is 2.04. The van der Waals surface area contributed by atoms with Gasteiger partial charge in [0.15, 0.2) is 5.78 Å². The summed E-state index contributed by atoms with van der Waals surface area (Å²) in [5.74, 6) is -0.773. The summed E-state index contributed by atoms with van der Waals surface area (Å²) in [6.45, 7) is 0. The Kier molecular flexibility index (Phi) is 3.27. The van der Waals surface area contributed by atoms with Gasteiger partial charge in [0.05, 0.1) is 10.5 Å². The fraction of sp³-hybridized carbons (Fsp3) is 0. The first-order chi connectivity index (χ1) is 10.6. The lowest BCUT2D eigenvalue weighted by Crippen LogP contribution is -2.05. The van der Waals surface area contributed by atoms with Gasteiger partial charge in [-0.15, -0.1) is 0 Å². The van der Waals surface area contributed by atoms with E-state index in [1.807, 2.05) is 0 Å². The minimum absolute atomic E-state index is 0.131. The summed E-state index contributed by atoms with van der Waals surface area (Å²) >= 11 is 0. The molecule has 6 heteroatoms. The van der Waals surface area contributed by atoms with Gasteiger partial charge in [0.2, 0.25) is 0 Å². The van der Waals surface area contributed by atoms with Gasteiger partial charge in [0, 0.05) is 28.9 Å². The summed E-state index contributed by atoms with van der Waals surface area (Å²) in [7, 11) is 0. The number of hydrogen-bond acceptors (Lipinski definition) is 4. The molecule has 0 aromatic heterocycles. The molecule has 0 saturated carbocycles. The first-order valence-electron chi connectivity index (χ1n) is 6.47. The SMILES string of the molecule is O=C1Nc2ccc([N+](=O)[O-])cc2/C1=C/C(=O)c1ccccc1. The number of rotatable bonds is 3. The number of carbonyl (C=O) groups is 2. The molecule has 1 heterocycles. The van der Waals surface area contributed by atoms with Crippen LogP contribution in [0.25, 0.3) is 5.57 Å². The predicted molar refractivity (Wildman–Crippen MR) is 80.5 cm³/mol. The van der Waals surface area contributed by atoms with E-state index in [0.29, 0.717) is 16.8 Å². The Morgan fingerprint density at radius 2 is 1.86 bits per heavy atom. The van der Waals surface area contributed by atoms with E-state index >= 15 is 0 Å². The van der Waals surface area contributed by atoms with Crippen molar-refractivity contribution in [1.82, 2.24) is 0 Å². The van der Waals surface area contributed by atoms with Crippen molar-refractivity contribution in [2.75, 3.05) is 5.32 Å². The van der Waals surface area contributed by atoms with Gasteiger partial charge in [0.25, 0.3) is 11.6 Å². The molecule has 6 nitrogen and oxygen atoms in total. The minimum atomic E-state index is -0.542. The van der Waals surface area contributed by atoms with Gasteiger partial charge in [-0.2, -0.15) is 0 Å². The molecule has 0 radical (unpaired) electrons. The highest BCUT2D eigenvalue weighted by Gasteiger charge is 2.27. The molecule has 108 valence electrons. The molecule has 0 atom stereocenters. The highest BCUT2D eigenvalue weighted by molar-refractivity contribution is 6.35. The number of nitrogens with zero attached hydrogens (tertiary/aromatic N) is 1. The van der Waals surface area contributed by atoms with Gasteiger partial charge in [-0.1, -0.05) is 30.3 Å². The molecule has 1 aliphatic heterocycles. The smallest absolute Gasteiger partial charge is 0.270 e. The highest BCUT2D eigenvalue weighted by atomic mass is 16.6. The molecule has 0 unspecified atom stereocenters. The van der Waals surface area contributed by atoms with Crippen LogP contribution in [0.2, 0.25) is 0 Å². The molecule has 1 amide bonds. The minimum Gasteiger partial charge on any atom is -0.321 e. The van der Waals surface area contributed by atoms with E-state index in [1.165, 1.54) is 24.3 Å². The molecule has 0 bridgehead atoms. The molecule has 0 aliphatic carbocycles. The zero-order valence-electron chi connectivity index (χ0n) is 11.3. The molecular formula is C16H10N2O4. The summed E-state index contributed by atoms with van der Waals surface area (Å²) < 4.78 is 0. The van der Waals surface area contributed by atoms with Crippen LogP contribution in [0.1, 0.15) is 15.9 Å². The Bertz CT molecular complexity index is 825. The van der Waals surface area contributed by atoms with Crippen molar-refractivity contribution >= 4 is 28.6 Å². The number of nitrogens with one attached hydrogen (secondary N) is 1. The molecule has 0 spiro atoms. The topological polar surface area (TPSA) is 89.3 Å². The first-order valence-corrected chi connectivity index (χ1v) is 6.47. The van der Waals surface area contributed by atoms with Crippen LogP contribution >= 0.6 is 0 Å². The fourth-order valence-electron chi connectivity index (χ4n) is 2.25. The summed E-state index contributed by atoms with van der Waals surface area (Å²) in [6, 6.07) is 12.6. The van der Waals surface area contributed by atoms with E-state index in [9.17, 15) is 19.7 Å². The molecule has 1 N–H and O–H groups in total. The van der Waals surface area contributed by atoms with E-state index in [-0.39, 0.29) is 17.0 Å². The molecule has 22 heavy (non-hydrogen) atoms. The van der Waals surface area contributed by atoms with Crippen LogP contribution in [-0.4, -0.2) is 16.6 Å². The summed E-state index contributed by atoms with van der Waals surface area (Å²) in [5.41, 5.74) is 1.27. The number of amides is 1. The van der Waals surface area contributed by atoms with Gasteiger partial charge in [-0.25, -0.2) is 0 Å². The zero-order chi connectivity index (χ0) is 15.7. The van der Waals surface area contributed by atoms with Crippen LogP contribution in [0, 0.1) is 10.1 Å². The molecule has 0 saturated heterocycles. The number of nitro groups is 1. The quantitative estimate of drug-likeness (QED) is 0.408. The van der Waals surface area contributed by atoms with Crippen molar-refractivity contribution in [1.29, 1.82) is 0 Å². The number of ketones is 1. The van der Waals surface area contributed by atoms with E-state index < -0.39 is 10.8 Å². The Morgan fingerprint density at radius 3 is 2.55 bits per heavy atom. The van der Waals surface area contributed by atoms with E-state index in [0.717, 1.165) is 0 Å². The second kappa shape index (κ2) is 5.25. The molecule has 1 aliphatic rings. The maximum atomic E-state index is 12.2. The highest BCUT2D eigenvalue weighted by Crippen LogP contribution is 2.34. The number of allylic oxidation sites excluding steroid dienone is 1. The van der Waals surface area contributed by atoms with Crippen molar-refractivity contribution in [3.63, 3.8) is 0 Å². The van der Waals surface area contributed by atoms with Gasteiger partial charge in [0.1, 0.15) is 0 Å². The standard InChI is InChI=1S/C16H10N2O4/c19-15(10-4-2-1-3-5-10)9-13-12-8-11(18(21)22)6-7-14(12)17-16(13)20/h1-9H,(H,17,20)/b13-9-. The summed E-state index contributed by atoms with van der Waals surface area (Å²) in [6.07, 6.45) is 1.21. The largest absolute Gasteiger partial charge is 0.321 e. The second-order valence-electron chi connectivity index (χ2n) is 4.73. The molecular weight excluding hydrogens is 284 g/mol. The molecule has 2 aromatic carbocycles. The van der Waals surface area contributed by atoms with Crippen LogP contribution in [0.4, 0.5) is 11.4 Å². The Morgan fingerprint density at radius 1 is 1.14 bits per heavy atom. The zero-order valence-corrected chi connectivity index (χ0v) is 11.3. The molecule has 0 fully saturated rings. The Labute approximate surface area is 125 Å². The third-order valence-electron chi connectivity index (χ3n) is 3.33. The van der Waals surface area contributed by atoms with E-state index in [2.05, 4.69) is 5.32 Å². The number of fused-ring (bicyclic) bond motifs is 1. The normalized spacial score (nSPS) is 14.5. The Hall–Kier alpha value is -3.28. The van der Waals surface area contributed by atoms with Crippen molar-refractivity contribution < 1.29 is 14.5 Å².